The van der Waals surface area contributed by atoms with Gasteiger partial charge in [-0.2, -0.15) is 0 Å². The normalized spacial score (nSPS) is 21.7. The van der Waals surface area contributed by atoms with Crippen LogP contribution in [0.5, 0.6) is 0 Å². The molecule has 0 N–H and O–H groups in total. The Balaban J connectivity index is 1.71. The summed E-state index contributed by atoms with van der Waals surface area (Å²) in [6.07, 6.45) is 2.64. The molecule has 2 rings (SSSR count). The molecular weight excluding hydrogens is 316 g/mol. The van der Waals surface area contributed by atoms with Gasteiger partial charge in [0.05, 0.1) is 5.75 Å². The minimum atomic E-state index is -3.09. The molecule has 23 heavy (non-hydrogen) atoms. The molecule has 2 amide bonds. The van der Waals surface area contributed by atoms with Crippen LogP contribution >= 0.6 is 0 Å². The molecule has 2 fully saturated rings. The third-order valence-electron chi connectivity index (χ3n) is 4.94. The summed E-state index contributed by atoms with van der Waals surface area (Å²) < 4.78 is 24.8. The van der Waals surface area contributed by atoms with E-state index in [1.54, 1.807) is 14.1 Å². The molecule has 2 aliphatic heterocycles. The van der Waals surface area contributed by atoms with E-state index in [0.29, 0.717) is 12.5 Å². The van der Waals surface area contributed by atoms with Crippen molar-refractivity contribution in [3.63, 3.8) is 0 Å². The van der Waals surface area contributed by atoms with Gasteiger partial charge in [0.2, 0.25) is 10.0 Å². The number of hydrogen-bond donors (Lipinski definition) is 0. The van der Waals surface area contributed by atoms with E-state index in [4.69, 9.17) is 0 Å². The highest BCUT2D eigenvalue weighted by atomic mass is 32.2. The van der Waals surface area contributed by atoms with Crippen LogP contribution < -0.4 is 0 Å². The second-order valence-corrected chi connectivity index (χ2v) is 8.88. The first-order chi connectivity index (χ1) is 10.8. The summed E-state index contributed by atoms with van der Waals surface area (Å²) in [5.41, 5.74) is 0. The van der Waals surface area contributed by atoms with Crippen molar-refractivity contribution in [3.05, 3.63) is 0 Å². The van der Waals surface area contributed by atoms with Gasteiger partial charge in [0.25, 0.3) is 0 Å². The van der Waals surface area contributed by atoms with Crippen molar-refractivity contribution >= 4 is 16.1 Å². The summed E-state index contributed by atoms with van der Waals surface area (Å²) in [5.74, 6) is 0.204. The molecule has 2 heterocycles. The molecule has 0 atom stereocenters. The van der Waals surface area contributed by atoms with Gasteiger partial charge in [-0.05, 0) is 32.7 Å². The van der Waals surface area contributed by atoms with Crippen LogP contribution in [0.15, 0.2) is 0 Å². The third kappa shape index (κ3) is 4.58. The fourth-order valence-electron chi connectivity index (χ4n) is 3.34. The van der Waals surface area contributed by atoms with Gasteiger partial charge in [-0.15, -0.1) is 0 Å². The van der Waals surface area contributed by atoms with Gasteiger partial charge in [-0.25, -0.2) is 17.5 Å². The van der Waals surface area contributed by atoms with E-state index in [9.17, 15) is 13.2 Å². The molecule has 0 aromatic carbocycles. The van der Waals surface area contributed by atoms with Gasteiger partial charge in [0, 0.05) is 52.9 Å². The van der Waals surface area contributed by atoms with E-state index >= 15 is 0 Å². The third-order valence-corrected chi connectivity index (χ3v) is 6.86. The summed E-state index contributed by atoms with van der Waals surface area (Å²) in [5, 5.41) is 0. The zero-order chi connectivity index (χ0) is 17.0. The summed E-state index contributed by atoms with van der Waals surface area (Å²) in [6, 6.07) is 0.531. The summed E-state index contributed by atoms with van der Waals surface area (Å²) >= 11 is 0. The van der Waals surface area contributed by atoms with Gasteiger partial charge < -0.3 is 14.7 Å². The average Bonchev–Trinajstić information content (AvgIpc) is 2.88. The number of likely N-dealkylation sites (tertiary alicyclic amines) is 1. The lowest BCUT2D eigenvalue weighted by atomic mass is 10.0. The lowest BCUT2D eigenvalue weighted by Crippen LogP contribution is -2.46. The molecule has 0 bridgehead atoms. The van der Waals surface area contributed by atoms with Crippen LogP contribution in [-0.2, 0) is 10.0 Å². The minimum Gasteiger partial charge on any atom is -0.323 e. The second-order valence-electron chi connectivity index (χ2n) is 6.58. The molecular formula is C15H30N4O3S. The van der Waals surface area contributed by atoms with Gasteiger partial charge >= 0.3 is 6.03 Å². The maximum atomic E-state index is 12.2. The molecule has 0 unspecified atom stereocenters. The number of piperidine rings is 1. The van der Waals surface area contributed by atoms with Crippen LogP contribution in [0.3, 0.4) is 0 Å². The topological polar surface area (TPSA) is 64.2 Å². The highest BCUT2D eigenvalue weighted by Gasteiger charge is 2.34. The number of urea groups is 1. The van der Waals surface area contributed by atoms with Crippen LogP contribution in [-0.4, -0.2) is 98.6 Å². The molecule has 2 saturated heterocycles. The molecule has 0 spiro atoms. The number of sulfonamides is 1. The van der Waals surface area contributed by atoms with Crippen molar-refractivity contribution in [1.29, 1.82) is 0 Å². The standard InChI is InChI=1S/C15H30N4O3S/c1-4-18-11-12-19(15(18)20)14-6-9-17(10-7-14)8-5-13-23(21,22)16(2)3/h14H,4-13H2,1-3H3. The molecule has 0 radical (unpaired) electrons. The highest BCUT2D eigenvalue weighted by molar-refractivity contribution is 7.89. The first-order valence-corrected chi connectivity index (χ1v) is 10.1. The number of carbonyl (C=O) groups excluding carboxylic acids is 1. The predicted molar refractivity (Wildman–Crippen MR) is 90.9 cm³/mol. The van der Waals surface area contributed by atoms with E-state index in [-0.39, 0.29) is 11.8 Å². The smallest absolute Gasteiger partial charge is 0.320 e. The molecule has 0 saturated carbocycles. The van der Waals surface area contributed by atoms with Crippen LogP contribution in [0.2, 0.25) is 0 Å². The van der Waals surface area contributed by atoms with E-state index in [0.717, 1.165) is 52.1 Å². The highest BCUT2D eigenvalue weighted by Crippen LogP contribution is 2.21. The number of likely N-dealkylation sites (N-methyl/N-ethyl adjacent to an activating group) is 1. The Morgan fingerprint density at radius 2 is 1.78 bits per heavy atom. The summed E-state index contributed by atoms with van der Waals surface area (Å²) in [4.78, 5) is 18.5. The lowest BCUT2D eigenvalue weighted by molar-refractivity contribution is 0.130. The van der Waals surface area contributed by atoms with Crippen LogP contribution in [0.25, 0.3) is 0 Å². The molecule has 2 aliphatic rings. The van der Waals surface area contributed by atoms with E-state index in [2.05, 4.69) is 4.90 Å². The molecule has 0 aromatic rings. The van der Waals surface area contributed by atoms with E-state index < -0.39 is 10.0 Å². The Morgan fingerprint density at radius 1 is 1.13 bits per heavy atom. The average molecular weight is 346 g/mol. The summed E-state index contributed by atoms with van der Waals surface area (Å²) in [7, 11) is 0.0628. The van der Waals surface area contributed by atoms with Crippen LogP contribution in [0.4, 0.5) is 4.79 Å². The van der Waals surface area contributed by atoms with E-state index in [1.165, 1.54) is 4.31 Å². The largest absolute Gasteiger partial charge is 0.323 e. The fraction of sp³-hybridized carbons (Fsp3) is 0.933. The van der Waals surface area contributed by atoms with Gasteiger partial charge in [0.15, 0.2) is 0 Å². The quantitative estimate of drug-likeness (QED) is 0.673. The Morgan fingerprint density at radius 3 is 2.30 bits per heavy atom. The lowest BCUT2D eigenvalue weighted by Gasteiger charge is -2.36. The Kier molecular flexibility index (Phi) is 6.27. The van der Waals surface area contributed by atoms with Crippen LogP contribution in [0, 0.1) is 0 Å². The monoisotopic (exact) mass is 346 g/mol. The second kappa shape index (κ2) is 7.81. The van der Waals surface area contributed by atoms with Crippen molar-refractivity contribution < 1.29 is 13.2 Å². The van der Waals surface area contributed by atoms with Crippen LogP contribution in [0.1, 0.15) is 26.2 Å². The Bertz CT molecular complexity index is 501. The fourth-order valence-corrected chi connectivity index (χ4v) is 4.20. The zero-order valence-corrected chi connectivity index (χ0v) is 15.4. The summed E-state index contributed by atoms with van der Waals surface area (Å²) in [6.45, 7) is 7.21. The van der Waals surface area contributed by atoms with Gasteiger partial charge in [-0.3, -0.25) is 0 Å². The van der Waals surface area contributed by atoms with Crippen molar-refractivity contribution in [2.45, 2.75) is 32.2 Å². The molecule has 8 heteroatoms. The number of nitrogens with zero attached hydrogens (tertiary/aromatic N) is 4. The van der Waals surface area contributed by atoms with Crippen molar-refractivity contribution in [3.8, 4) is 0 Å². The van der Waals surface area contributed by atoms with Crippen molar-refractivity contribution in [2.24, 2.45) is 0 Å². The minimum absolute atomic E-state index is 0.183. The van der Waals surface area contributed by atoms with Crippen molar-refractivity contribution in [1.82, 2.24) is 19.0 Å². The first kappa shape index (κ1) is 18.5. The first-order valence-electron chi connectivity index (χ1n) is 8.53. The molecule has 0 aliphatic carbocycles. The SMILES string of the molecule is CCN1CCN(C2CCN(CCCS(=O)(=O)N(C)C)CC2)C1=O. The number of rotatable bonds is 7. The maximum Gasteiger partial charge on any atom is 0.320 e. The van der Waals surface area contributed by atoms with Gasteiger partial charge in [0.1, 0.15) is 0 Å². The van der Waals surface area contributed by atoms with E-state index in [1.807, 2.05) is 16.7 Å². The Hall–Kier alpha value is -0.860. The predicted octanol–water partition coefficient (Wildman–Crippen LogP) is 0.490. The zero-order valence-electron chi connectivity index (χ0n) is 14.6. The molecule has 7 nitrogen and oxygen atoms in total. The van der Waals surface area contributed by atoms with Gasteiger partial charge in [-0.1, -0.05) is 0 Å². The molecule has 134 valence electrons. The van der Waals surface area contributed by atoms with Crippen molar-refractivity contribution in [2.75, 3.05) is 59.1 Å². The Labute approximate surface area is 140 Å². The number of hydrogen-bond acceptors (Lipinski definition) is 4. The molecule has 0 aromatic heterocycles. The number of carbonyl (C=O) groups is 1. The maximum absolute atomic E-state index is 12.2. The number of amides is 2.